The highest BCUT2D eigenvalue weighted by Crippen LogP contribution is 2.29. The Morgan fingerprint density at radius 3 is 2.56 bits per heavy atom. The van der Waals surface area contributed by atoms with Gasteiger partial charge in [0.05, 0.1) is 28.4 Å². The number of nitrogens with one attached hydrogen (secondary N) is 1. The van der Waals surface area contributed by atoms with Crippen molar-refractivity contribution in [2.45, 2.75) is 33.2 Å². The molecule has 0 atom stereocenters. The van der Waals surface area contributed by atoms with Crippen molar-refractivity contribution in [3.8, 4) is 6.07 Å². The van der Waals surface area contributed by atoms with Gasteiger partial charge in [-0.25, -0.2) is 4.39 Å². The molecule has 0 saturated carbocycles. The minimum Gasteiger partial charge on any atom is -0.348 e. The smallest absolute Gasteiger partial charge is 0.253 e. The van der Waals surface area contributed by atoms with E-state index in [4.69, 9.17) is 0 Å². The standard InChI is InChI=1S/C22H20FN3O/c1-13(2)21-20(22(27)25-12-15-7-9-17(23)10-8-15)14(3)19-16(11-24)5-4-6-18(19)26-21/h4-10,13H,12H2,1-3H3,(H,25,27). The van der Waals surface area contributed by atoms with Crippen LogP contribution in [0.15, 0.2) is 42.5 Å². The van der Waals surface area contributed by atoms with Gasteiger partial charge in [0.15, 0.2) is 0 Å². The number of fused-ring (bicyclic) bond motifs is 1. The number of hydrogen-bond donors (Lipinski definition) is 1. The SMILES string of the molecule is Cc1c(C(=O)NCc2ccc(F)cc2)c(C(C)C)nc2cccc(C#N)c12. The van der Waals surface area contributed by atoms with Gasteiger partial charge in [0.1, 0.15) is 5.82 Å². The quantitative estimate of drug-likeness (QED) is 0.738. The van der Waals surface area contributed by atoms with Gasteiger partial charge in [0, 0.05) is 11.9 Å². The summed E-state index contributed by atoms with van der Waals surface area (Å²) in [6.45, 7) is 6.11. The van der Waals surface area contributed by atoms with Gasteiger partial charge >= 0.3 is 0 Å². The third-order valence-corrected chi connectivity index (χ3v) is 4.55. The lowest BCUT2D eigenvalue weighted by Gasteiger charge is -2.17. The number of rotatable bonds is 4. The van der Waals surface area contributed by atoms with Gasteiger partial charge in [-0.3, -0.25) is 9.78 Å². The highest BCUT2D eigenvalue weighted by molar-refractivity contribution is 6.02. The van der Waals surface area contributed by atoms with Crippen LogP contribution in [0.4, 0.5) is 4.39 Å². The number of amides is 1. The predicted molar refractivity (Wildman–Crippen MR) is 103 cm³/mol. The van der Waals surface area contributed by atoms with Gasteiger partial charge < -0.3 is 5.32 Å². The van der Waals surface area contributed by atoms with E-state index in [0.717, 1.165) is 11.1 Å². The Bertz CT molecular complexity index is 1050. The van der Waals surface area contributed by atoms with Gasteiger partial charge in [0.2, 0.25) is 0 Å². The summed E-state index contributed by atoms with van der Waals surface area (Å²) >= 11 is 0. The second kappa shape index (κ2) is 7.55. The number of halogens is 1. The van der Waals surface area contributed by atoms with Crippen molar-refractivity contribution in [3.05, 3.63) is 76.2 Å². The summed E-state index contributed by atoms with van der Waals surface area (Å²) in [7, 11) is 0. The van der Waals surface area contributed by atoms with Gasteiger partial charge in [-0.05, 0) is 48.2 Å². The molecule has 0 spiro atoms. The van der Waals surface area contributed by atoms with E-state index in [1.54, 1.807) is 24.3 Å². The van der Waals surface area contributed by atoms with Gasteiger partial charge in [0.25, 0.3) is 5.91 Å². The fourth-order valence-corrected chi connectivity index (χ4v) is 3.20. The number of benzene rings is 2. The van der Waals surface area contributed by atoms with Crippen LogP contribution in [0.3, 0.4) is 0 Å². The molecule has 0 radical (unpaired) electrons. The number of carbonyl (C=O) groups excluding carboxylic acids is 1. The van der Waals surface area contributed by atoms with Crippen LogP contribution in [0.25, 0.3) is 10.9 Å². The monoisotopic (exact) mass is 361 g/mol. The maximum absolute atomic E-state index is 13.0. The van der Waals surface area contributed by atoms with Crippen molar-refractivity contribution < 1.29 is 9.18 Å². The van der Waals surface area contributed by atoms with Crippen LogP contribution in [-0.4, -0.2) is 10.9 Å². The maximum Gasteiger partial charge on any atom is 0.253 e. The van der Waals surface area contributed by atoms with E-state index in [1.165, 1.54) is 12.1 Å². The van der Waals surface area contributed by atoms with Crippen LogP contribution in [0.5, 0.6) is 0 Å². The summed E-state index contributed by atoms with van der Waals surface area (Å²) in [6, 6.07) is 13.6. The van der Waals surface area contributed by atoms with Gasteiger partial charge in [-0.1, -0.05) is 32.0 Å². The normalized spacial score (nSPS) is 10.8. The third-order valence-electron chi connectivity index (χ3n) is 4.55. The summed E-state index contributed by atoms with van der Waals surface area (Å²) in [5, 5.41) is 13.0. The summed E-state index contributed by atoms with van der Waals surface area (Å²) < 4.78 is 13.0. The van der Waals surface area contributed by atoms with Gasteiger partial charge in [-0.15, -0.1) is 0 Å². The Kier molecular flexibility index (Phi) is 5.18. The van der Waals surface area contributed by atoms with Crippen molar-refractivity contribution in [3.63, 3.8) is 0 Å². The van der Waals surface area contributed by atoms with Crippen LogP contribution in [0.1, 0.15) is 52.5 Å². The summed E-state index contributed by atoms with van der Waals surface area (Å²) in [4.78, 5) is 17.6. The van der Waals surface area contributed by atoms with Crippen LogP contribution in [0, 0.1) is 24.1 Å². The Hall–Kier alpha value is -3.26. The number of aromatic nitrogens is 1. The maximum atomic E-state index is 13.0. The van der Waals surface area contributed by atoms with Crippen molar-refractivity contribution in [2.24, 2.45) is 0 Å². The molecular formula is C22H20FN3O. The molecule has 1 amide bonds. The van der Waals surface area contributed by atoms with Crippen molar-refractivity contribution >= 4 is 16.8 Å². The number of aryl methyl sites for hydroxylation is 1. The zero-order valence-corrected chi connectivity index (χ0v) is 15.5. The second-order valence-corrected chi connectivity index (χ2v) is 6.77. The average molecular weight is 361 g/mol. The molecule has 136 valence electrons. The topological polar surface area (TPSA) is 65.8 Å². The molecular weight excluding hydrogens is 341 g/mol. The van der Waals surface area contributed by atoms with E-state index >= 15 is 0 Å². The number of hydrogen-bond acceptors (Lipinski definition) is 3. The molecule has 0 unspecified atom stereocenters. The lowest BCUT2D eigenvalue weighted by Crippen LogP contribution is -2.26. The molecule has 4 nitrogen and oxygen atoms in total. The third kappa shape index (κ3) is 3.65. The van der Waals surface area contributed by atoms with Crippen molar-refractivity contribution in [1.82, 2.24) is 10.3 Å². The highest BCUT2D eigenvalue weighted by Gasteiger charge is 2.21. The summed E-state index contributed by atoms with van der Waals surface area (Å²) in [5.74, 6) is -0.515. The minimum atomic E-state index is -0.314. The van der Waals surface area contributed by atoms with E-state index in [2.05, 4.69) is 16.4 Å². The molecule has 1 heterocycles. The molecule has 3 aromatic rings. The number of nitrogens with zero attached hydrogens (tertiary/aromatic N) is 2. The molecule has 1 aromatic heterocycles. The van der Waals surface area contributed by atoms with Crippen molar-refractivity contribution in [1.29, 1.82) is 5.26 Å². The lowest BCUT2D eigenvalue weighted by atomic mass is 9.93. The van der Waals surface area contributed by atoms with Crippen LogP contribution in [0.2, 0.25) is 0 Å². The van der Waals surface area contributed by atoms with Crippen LogP contribution in [-0.2, 0) is 6.54 Å². The fourth-order valence-electron chi connectivity index (χ4n) is 3.20. The summed E-state index contributed by atoms with van der Waals surface area (Å²) in [5.41, 5.74) is 3.97. The first kappa shape index (κ1) is 18.5. The first-order chi connectivity index (χ1) is 12.9. The van der Waals surface area contributed by atoms with E-state index < -0.39 is 0 Å². The largest absolute Gasteiger partial charge is 0.348 e. The fraction of sp³-hybridized carbons (Fsp3) is 0.227. The minimum absolute atomic E-state index is 0.0467. The predicted octanol–water partition coefficient (Wildman–Crippen LogP) is 4.61. The molecule has 0 fully saturated rings. The Morgan fingerprint density at radius 1 is 1.22 bits per heavy atom. The van der Waals surface area contributed by atoms with Crippen molar-refractivity contribution in [2.75, 3.05) is 0 Å². The Labute approximate surface area is 157 Å². The summed E-state index contributed by atoms with van der Waals surface area (Å²) in [6.07, 6.45) is 0. The Morgan fingerprint density at radius 2 is 1.93 bits per heavy atom. The zero-order valence-electron chi connectivity index (χ0n) is 15.5. The molecule has 27 heavy (non-hydrogen) atoms. The molecule has 0 bridgehead atoms. The molecule has 5 heteroatoms. The van der Waals surface area contributed by atoms with E-state index in [1.807, 2.05) is 26.8 Å². The number of pyridine rings is 1. The molecule has 0 aliphatic heterocycles. The molecule has 0 aliphatic rings. The van der Waals surface area contributed by atoms with E-state index in [0.29, 0.717) is 27.7 Å². The first-order valence-corrected chi connectivity index (χ1v) is 8.78. The molecule has 0 aliphatic carbocycles. The average Bonchev–Trinajstić information content (AvgIpc) is 2.66. The first-order valence-electron chi connectivity index (χ1n) is 8.78. The number of nitriles is 1. The number of carbonyl (C=O) groups is 1. The van der Waals surface area contributed by atoms with Crippen LogP contribution >= 0.6 is 0 Å². The highest BCUT2D eigenvalue weighted by atomic mass is 19.1. The molecule has 1 N–H and O–H groups in total. The molecule has 2 aromatic carbocycles. The lowest BCUT2D eigenvalue weighted by molar-refractivity contribution is 0.0948. The van der Waals surface area contributed by atoms with E-state index in [-0.39, 0.29) is 24.2 Å². The molecule has 0 saturated heterocycles. The second-order valence-electron chi connectivity index (χ2n) is 6.77. The van der Waals surface area contributed by atoms with Crippen LogP contribution < -0.4 is 5.32 Å². The van der Waals surface area contributed by atoms with E-state index in [9.17, 15) is 14.4 Å². The molecule has 3 rings (SSSR count). The zero-order chi connectivity index (χ0) is 19.6. The van der Waals surface area contributed by atoms with Gasteiger partial charge in [-0.2, -0.15) is 5.26 Å². The Balaban J connectivity index is 2.04.